The van der Waals surface area contributed by atoms with E-state index in [1.54, 1.807) is 23.6 Å². The molecule has 0 radical (unpaired) electrons. The Hall–Kier alpha value is -2.84. The topological polar surface area (TPSA) is 77.5 Å². The van der Waals surface area contributed by atoms with Crippen LogP contribution < -0.4 is 14.8 Å². The van der Waals surface area contributed by atoms with Crippen LogP contribution in [-0.2, 0) is 4.79 Å². The van der Waals surface area contributed by atoms with Crippen LogP contribution in [0.5, 0.6) is 11.5 Å². The van der Waals surface area contributed by atoms with Crippen LogP contribution in [0.4, 0.5) is 4.79 Å². The van der Waals surface area contributed by atoms with Crippen LogP contribution in [0, 0.1) is 0 Å². The smallest absolute Gasteiger partial charge is 0.290 e. The molecule has 1 fully saturated rings. The minimum absolute atomic E-state index is 0.350. The number of carbonyl (C=O) groups excluding carboxylic acids is 2. The lowest BCUT2D eigenvalue weighted by molar-refractivity contribution is -0.115. The summed E-state index contributed by atoms with van der Waals surface area (Å²) < 4.78 is 11.5. The van der Waals surface area contributed by atoms with Gasteiger partial charge in [-0.3, -0.25) is 19.9 Å². The molecule has 0 unspecified atom stereocenters. The maximum atomic E-state index is 11.8. The van der Waals surface area contributed by atoms with Crippen LogP contribution in [0.2, 0.25) is 0 Å². The highest BCUT2D eigenvalue weighted by atomic mass is 32.2. The largest absolute Gasteiger partial charge is 0.485 e. The number of fused-ring (bicyclic) bond motifs is 2. The van der Waals surface area contributed by atoms with Crippen molar-refractivity contribution in [3.05, 3.63) is 46.3 Å². The van der Waals surface area contributed by atoms with E-state index in [0.717, 1.165) is 50.2 Å². The summed E-state index contributed by atoms with van der Waals surface area (Å²) in [6.07, 6.45) is 3.48. The van der Waals surface area contributed by atoms with E-state index in [1.807, 2.05) is 29.6 Å². The fraction of sp³-hybridized carbons (Fsp3) is 0.105. The number of amides is 2. The molecular formula is C19H12N2O4S2. The predicted octanol–water partition coefficient (Wildman–Crippen LogP) is 4.06. The molecule has 0 atom stereocenters. The summed E-state index contributed by atoms with van der Waals surface area (Å²) in [5.41, 5.74) is 2.66. The summed E-state index contributed by atoms with van der Waals surface area (Å²) in [5.74, 6) is 1.16. The fourth-order valence-corrected chi connectivity index (χ4v) is 4.73. The number of thioether (sulfide) groups is 1. The molecule has 0 spiro atoms. The molecule has 4 heterocycles. The highest BCUT2D eigenvalue weighted by Crippen LogP contribution is 2.47. The van der Waals surface area contributed by atoms with E-state index in [1.165, 1.54) is 0 Å². The lowest BCUT2D eigenvalue weighted by Gasteiger charge is -2.16. The van der Waals surface area contributed by atoms with E-state index in [4.69, 9.17) is 9.47 Å². The number of thiophene rings is 1. The van der Waals surface area contributed by atoms with Gasteiger partial charge in [0.1, 0.15) is 13.2 Å². The van der Waals surface area contributed by atoms with Crippen LogP contribution in [0.3, 0.4) is 0 Å². The van der Waals surface area contributed by atoms with Crippen molar-refractivity contribution in [2.45, 2.75) is 0 Å². The van der Waals surface area contributed by atoms with E-state index in [9.17, 15) is 9.59 Å². The summed E-state index contributed by atoms with van der Waals surface area (Å²) in [6.45, 7) is 1.08. The van der Waals surface area contributed by atoms with Crippen molar-refractivity contribution in [2.24, 2.45) is 0 Å². The van der Waals surface area contributed by atoms with Crippen molar-refractivity contribution in [1.29, 1.82) is 0 Å². The molecular weight excluding hydrogens is 384 g/mol. The van der Waals surface area contributed by atoms with Gasteiger partial charge in [-0.05, 0) is 41.6 Å². The van der Waals surface area contributed by atoms with Gasteiger partial charge in [0, 0.05) is 22.5 Å². The van der Waals surface area contributed by atoms with Gasteiger partial charge in [0.25, 0.3) is 11.1 Å². The zero-order valence-corrected chi connectivity index (χ0v) is 15.5. The number of nitrogens with zero attached hydrogens (tertiary/aromatic N) is 1. The molecule has 2 aromatic heterocycles. The average molecular weight is 396 g/mol. The van der Waals surface area contributed by atoms with E-state index < -0.39 is 0 Å². The Bertz CT molecular complexity index is 1140. The Morgan fingerprint density at radius 2 is 2.04 bits per heavy atom. The van der Waals surface area contributed by atoms with E-state index in [-0.39, 0.29) is 11.1 Å². The molecule has 2 amide bonds. The highest BCUT2D eigenvalue weighted by molar-refractivity contribution is 8.18. The lowest BCUT2D eigenvalue weighted by Crippen LogP contribution is -2.17. The second-order valence-electron chi connectivity index (χ2n) is 5.94. The molecule has 0 aliphatic carbocycles. The molecule has 1 N–H and O–H groups in total. The van der Waals surface area contributed by atoms with Crippen molar-refractivity contribution in [2.75, 3.05) is 13.2 Å². The Labute approximate surface area is 162 Å². The maximum absolute atomic E-state index is 11.8. The standard InChI is InChI=1S/C19H12N2O4S2/c22-18-15(27-19(23)21-18)8-10-1-2-13-12(7-10)11(3-4-20-13)17-16-14(9-26-17)24-5-6-25-16/h1-4,7-9H,5-6H2,(H,21,22,23)/b15-8-. The number of nitrogens with one attached hydrogen (secondary N) is 1. The molecule has 1 saturated heterocycles. The second kappa shape index (κ2) is 6.40. The molecule has 0 saturated carbocycles. The summed E-state index contributed by atoms with van der Waals surface area (Å²) >= 11 is 2.47. The van der Waals surface area contributed by atoms with Crippen LogP contribution in [0.1, 0.15) is 5.56 Å². The number of imide groups is 1. The first-order valence-corrected chi connectivity index (χ1v) is 9.90. The number of hydrogen-bond donors (Lipinski definition) is 1. The quantitative estimate of drug-likeness (QED) is 0.659. The molecule has 2 aliphatic rings. The molecule has 2 aliphatic heterocycles. The van der Waals surface area contributed by atoms with E-state index >= 15 is 0 Å². The normalized spacial score (nSPS) is 17.6. The summed E-state index contributed by atoms with van der Waals surface area (Å²) in [4.78, 5) is 29.0. The van der Waals surface area contributed by atoms with Gasteiger partial charge in [-0.2, -0.15) is 0 Å². The fourth-order valence-electron chi connectivity index (χ4n) is 3.07. The van der Waals surface area contributed by atoms with Gasteiger partial charge >= 0.3 is 0 Å². The Morgan fingerprint density at radius 1 is 1.15 bits per heavy atom. The molecule has 27 heavy (non-hydrogen) atoms. The van der Waals surface area contributed by atoms with Crippen molar-refractivity contribution in [3.8, 4) is 21.9 Å². The second-order valence-corrected chi connectivity index (χ2v) is 7.84. The Balaban J connectivity index is 1.64. The molecule has 134 valence electrons. The summed E-state index contributed by atoms with van der Waals surface area (Å²) in [5, 5.41) is 4.81. The number of ether oxygens (including phenoxy) is 2. The third-order valence-electron chi connectivity index (χ3n) is 4.25. The molecule has 0 bridgehead atoms. The third kappa shape index (κ3) is 2.87. The van der Waals surface area contributed by atoms with Gasteiger partial charge in [0.15, 0.2) is 11.5 Å². The summed E-state index contributed by atoms with van der Waals surface area (Å²) in [6, 6.07) is 7.70. The van der Waals surface area contributed by atoms with Gasteiger partial charge < -0.3 is 9.47 Å². The molecule has 6 nitrogen and oxygen atoms in total. The van der Waals surface area contributed by atoms with Gasteiger partial charge in [-0.1, -0.05) is 6.07 Å². The number of carbonyl (C=O) groups is 2. The Kier molecular flexibility index (Phi) is 3.87. The minimum atomic E-state index is -0.366. The summed E-state index contributed by atoms with van der Waals surface area (Å²) in [7, 11) is 0. The van der Waals surface area contributed by atoms with Gasteiger partial charge in [0.05, 0.1) is 15.3 Å². The SMILES string of the molecule is O=C1NC(=O)/C(=C/c2ccc3nccc(-c4scc5c4OCCO5)c3c2)S1. The van der Waals surface area contributed by atoms with Crippen LogP contribution in [0.15, 0.2) is 40.7 Å². The molecule has 3 aromatic rings. The van der Waals surface area contributed by atoms with Crippen molar-refractivity contribution in [3.63, 3.8) is 0 Å². The molecule has 1 aromatic carbocycles. The van der Waals surface area contributed by atoms with Gasteiger partial charge in [0.2, 0.25) is 0 Å². The van der Waals surface area contributed by atoms with Crippen molar-refractivity contribution >= 4 is 51.2 Å². The van der Waals surface area contributed by atoms with Crippen molar-refractivity contribution < 1.29 is 19.1 Å². The Morgan fingerprint density at radius 3 is 2.89 bits per heavy atom. The monoisotopic (exact) mass is 396 g/mol. The maximum Gasteiger partial charge on any atom is 0.290 e. The highest BCUT2D eigenvalue weighted by Gasteiger charge is 2.25. The van der Waals surface area contributed by atoms with Crippen LogP contribution in [-0.4, -0.2) is 29.3 Å². The zero-order chi connectivity index (χ0) is 18.4. The third-order valence-corrected chi connectivity index (χ3v) is 6.03. The zero-order valence-electron chi connectivity index (χ0n) is 13.9. The van der Waals surface area contributed by atoms with Crippen LogP contribution in [0.25, 0.3) is 27.4 Å². The first-order valence-electron chi connectivity index (χ1n) is 8.20. The van der Waals surface area contributed by atoms with Crippen LogP contribution >= 0.6 is 23.1 Å². The van der Waals surface area contributed by atoms with Gasteiger partial charge in [-0.25, -0.2) is 0 Å². The number of rotatable bonds is 2. The first-order chi connectivity index (χ1) is 13.2. The van der Waals surface area contributed by atoms with E-state index in [0.29, 0.717) is 18.1 Å². The van der Waals surface area contributed by atoms with Crippen molar-refractivity contribution in [1.82, 2.24) is 10.3 Å². The average Bonchev–Trinajstić information content (AvgIpc) is 3.24. The van der Waals surface area contributed by atoms with Gasteiger partial charge in [-0.15, -0.1) is 11.3 Å². The molecule has 8 heteroatoms. The number of aromatic nitrogens is 1. The lowest BCUT2D eigenvalue weighted by atomic mass is 10.0. The minimum Gasteiger partial charge on any atom is -0.485 e. The first kappa shape index (κ1) is 16.3. The number of pyridine rings is 1. The number of hydrogen-bond acceptors (Lipinski definition) is 7. The number of benzene rings is 1. The molecule has 5 rings (SSSR count). The predicted molar refractivity (Wildman–Crippen MR) is 105 cm³/mol. The van der Waals surface area contributed by atoms with E-state index in [2.05, 4.69) is 10.3 Å².